The Kier molecular flexibility index (Phi) is 10.8. The average Bonchev–Trinajstić information content (AvgIpc) is 4.05. The van der Waals surface area contributed by atoms with E-state index in [4.69, 9.17) is 24.4 Å². The zero-order valence-corrected chi connectivity index (χ0v) is 39.0. The summed E-state index contributed by atoms with van der Waals surface area (Å²) in [6.45, 7) is 13.9. The number of hydrogen-bond donors (Lipinski definition) is 0. The third-order valence-electron chi connectivity index (χ3n) is 10.6. The number of hydrogen-bond acceptors (Lipinski definition) is 10. The summed E-state index contributed by atoms with van der Waals surface area (Å²) in [5.74, 6) is -0.00885. The predicted octanol–water partition coefficient (Wildman–Crippen LogP) is 10.4. The van der Waals surface area contributed by atoms with E-state index < -0.39 is 0 Å². The minimum Gasteiger partial charge on any atom is -0.293 e. The van der Waals surface area contributed by atoms with E-state index in [0.29, 0.717) is 31.5 Å². The van der Waals surface area contributed by atoms with Gasteiger partial charge in [0.15, 0.2) is 0 Å². The number of fused-ring (bicyclic) bond motifs is 2. The minimum atomic E-state index is -0.00442. The van der Waals surface area contributed by atoms with Crippen LogP contribution in [0.4, 0.5) is 0 Å². The molecule has 6 heterocycles. The van der Waals surface area contributed by atoms with E-state index >= 15 is 0 Å². The van der Waals surface area contributed by atoms with Crippen molar-refractivity contribution in [3.63, 3.8) is 0 Å². The van der Waals surface area contributed by atoms with Crippen molar-refractivity contribution in [2.24, 2.45) is 0 Å². The van der Waals surface area contributed by atoms with Crippen LogP contribution >= 0.6 is 93.3 Å². The number of benzene rings is 3. The molecule has 0 N–H and O–H groups in total. The zero-order valence-electron chi connectivity index (χ0n) is 32.5. The molecular formula is C46H36N2O2S8. The summed E-state index contributed by atoms with van der Waals surface area (Å²) >= 11 is 20.8. The maximum absolute atomic E-state index is 13.2. The Bertz CT molecular complexity index is 2890. The molecule has 0 radical (unpaired) electrons. The molecule has 9 rings (SSSR count). The second-order valence-corrected chi connectivity index (χ2v) is 21.9. The monoisotopic (exact) mass is 904 g/mol. The second-order valence-electron chi connectivity index (χ2n) is 14.3. The van der Waals surface area contributed by atoms with E-state index in [1.165, 1.54) is 88.2 Å². The SMILES string of the molecule is CCN1C(=O)/C(=c2\cc/c(=C/c3cc4c(-c5c(C)cccc5C)c5sc(/C=c6/cc/c(=C7/SC(=S)N(CC)C7=O)s6)cc5c(-c5c(C)cccc5C)c4s3)s2)SC1=S. The van der Waals surface area contributed by atoms with Gasteiger partial charge < -0.3 is 0 Å². The summed E-state index contributed by atoms with van der Waals surface area (Å²) in [5.41, 5.74) is 10.1. The lowest BCUT2D eigenvalue weighted by atomic mass is 9.87. The Morgan fingerprint density at radius 1 is 0.534 bits per heavy atom. The van der Waals surface area contributed by atoms with Gasteiger partial charge in [-0.2, -0.15) is 0 Å². The fourth-order valence-corrected chi connectivity index (χ4v) is 15.3. The third-order valence-corrected chi connectivity index (χ3v) is 18.0. The van der Waals surface area contributed by atoms with Crippen LogP contribution < -0.4 is 18.1 Å². The van der Waals surface area contributed by atoms with Crippen molar-refractivity contribution in [3.8, 4) is 22.3 Å². The van der Waals surface area contributed by atoms with Gasteiger partial charge in [0.1, 0.15) is 8.64 Å². The van der Waals surface area contributed by atoms with Crippen molar-refractivity contribution in [1.29, 1.82) is 0 Å². The number of rotatable bonds is 6. The number of aryl methyl sites for hydroxylation is 4. The van der Waals surface area contributed by atoms with Gasteiger partial charge in [0.05, 0.1) is 9.81 Å². The van der Waals surface area contributed by atoms with Gasteiger partial charge in [0.2, 0.25) is 0 Å². The van der Waals surface area contributed by atoms with Crippen molar-refractivity contribution in [3.05, 3.63) is 123 Å². The molecule has 2 aliphatic heterocycles. The van der Waals surface area contributed by atoms with Crippen LogP contribution in [0, 0.1) is 27.7 Å². The number of thiophene rings is 4. The standard InChI is InChI=1S/C46H36N2O2S8/c1-7-47-43(49)41(57-45(47)51)33-17-15-27(53-33)19-29-21-31-37(35-23(3)11-9-12-24(35)4)40-32(38(39(31)55-29)36-25(5)13-10-14-26(36)6)22-30(56-40)20-28-16-18-34(54-28)42-44(50)48(8-2)46(52)58-42/h9-22H,7-8H2,1-6H3/b27-19-,28-20-,41-33-,42-34-. The first kappa shape index (κ1) is 39.7. The van der Waals surface area contributed by atoms with E-state index in [2.05, 4.69) is 113 Å². The van der Waals surface area contributed by atoms with E-state index in [0.717, 1.165) is 27.9 Å². The largest absolute Gasteiger partial charge is 0.293 e. The summed E-state index contributed by atoms with van der Waals surface area (Å²) < 4.78 is 7.87. The second kappa shape index (κ2) is 15.7. The summed E-state index contributed by atoms with van der Waals surface area (Å²) in [4.78, 5) is 33.4. The third kappa shape index (κ3) is 6.79. The van der Waals surface area contributed by atoms with Crippen LogP contribution in [0.15, 0.2) is 72.8 Å². The number of amides is 2. The summed E-state index contributed by atoms with van der Waals surface area (Å²) in [6.07, 6.45) is 4.53. The van der Waals surface area contributed by atoms with Gasteiger partial charge in [-0.25, -0.2) is 0 Å². The fourth-order valence-electron chi connectivity index (χ4n) is 7.89. The van der Waals surface area contributed by atoms with Crippen LogP contribution in [0.2, 0.25) is 0 Å². The summed E-state index contributed by atoms with van der Waals surface area (Å²) in [5, 5.41) is 2.48. The zero-order chi connectivity index (χ0) is 40.6. The van der Waals surface area contributed by atoms with Gasteiger partial charge in [-0.05, 0) is 123 Å². The molecule has 4 nitrogen and oxygen atoms in total. The van der Waals surface area contributed by atoms with E-state index in [-0.39, 0.29) is 11.8 Å². The maximum Gasteiger partial charge on any atom is 0.267 e. The Morgan fingerprint density at radius 3 is 1.26 bits per heavy atom. The van der Waals surface area contributed by atoms with Crippen LogP contribution in [0.5, 0.6) is 0 Å². The number of carbonyl (C=O) groups is 2. The molecule has 2 aliphatic rings. The van der Waals surface area contributed by atoms with Gasteiger partial charge >= 0.3 is 0 Å². The summed E-state index contributed by atoms with van der Waals surface area (Å²) in [6, 6.07) is 26.3. The first-order chi connectivity index (χ1) is 27.9. The Labute approximate surface area is 371 Å². The van der Waals surface area contributed by atoms with Crippen LogP contribution in [0.3, 0.4) is 0 Å². The van der Waals surface area contributed by atoms with Gasteiger partial charge in [-0.15, -0.1) is 45.3 Å². The van der Waals surface area contributed by atoms with Crippen molar-refractivity contribution in [2.45, 2.75) is 41.5 Å². The molecule has 58 heavy (non-hydrogen) atoms. The molecule has 2 saturated heterocycles. The molecule has 0 atom stereocenters. The molecule has 0 unspecified atom stereocenters. The molecule has 0 saturated carbocycles. The highest BCUT2D eigenvalue weighted by Gasteiger charge is 2.33. The normalized spacial score (nSPS) is 17.5. The molecule has 290 valence electrons. The van der Waals surface area contributed by atoms with Gasteiger partial charge in [-0.1, -0.05) is 84.4 Å². The van der Waals surface area contributed by atoms with E-state index in [1.54, 1.807) is 32.5 Å². The molecule has 0 bridgehead atoms. The lowest BCUT2D eigenvalue weighted by Crippen LogP contribution is -2.28. The van der Waals surface area contributed by atoms with E-state index in [9.17, 15) is 9.59 Å². The first-order valence-electron chi connectivity index (χ1n) is 18.8. The molecule has 12 heteroatoms. The highest BCUT2D eigenvalue weighted by Crippen LogP contribution is 2.52. The van der Waals surface area contributed by atoms with Crippen molar-refractivity contribution in [2.75, 3.05) is 13.1 Å². The van der Waals surface area contributed by atoms with Gasteiger partial charge in [-0.3, -0.25) is 19.4 Å². The van der Waals surface area contributed by atoms with Crippen LogP contribution in [-0.2, 0) is 9.59 Å². The molecule has 7 aromatic rings. The number of carbonyl (C=O) groups excluding carboxylic acids is 2. The summed E-state index contributed by atoms with van der Waals surface area (Å²) in [7, 11) is 0. The number of thioether (sulfide) groups is 2. The molecular weight excluding hydrogens is 869 g/mol. The molecule has 4 aromatic heterocycles. The highest BCUT2D eigenvalue weighted by molar-refractivity contribution is 8.30. The number of nitrogens with zero attached hydrogens (tertiary/aromatic N) is 2. The molecule has 2 fully saturated rings. The number of thiocarbonyl (C=S) groups is 2. The Balaban J connectivity index is 1.30. The van der Waals surface area contributed by atoms with Crippen LogP contribution in [0.1, 0.15) is 45.9 Å². The molecule has 0 aliphatic carbocycles. The van der Waals surface area contributed by atoms with Crippen molar-refractivity contribution >= 4 is 156 Å². The first-order valence-corrected chi connectivity index (χ1v) is 24.5. The van der Waals surface area contributed by atoms with Crippen molar-refractivity contribution in [1.82, 2.24) is 9.80 Å². The molecule has 2 amide bonds. The quantitative estimate of drug-likeness (QED) is 0.155. The highest BCUT2D eigenvalue weighted by atomic mass is 32.2. The predicted molar refractivity (Wildman–Crippen MR) is 263 cm³/mol. The lowest BCUT2D eigenvalue weighted by Gasteiger charge is -2.18. The maximum atomic E-state index is 13.2. The topological polar surface area (TPSA) is 40.6 Å². The van der Waals surface area contributed by atoms with Crippen molar-refractivity contribution < 1.29 is 9.59 Å². The fraction of sp³-hybridized carbons (Fsp3) is 0.174. The molecule has 3 aromatic carbocycles. The van der Waals surface area contributed by atoms with E-state index in [1.807, 2.05) is 36.5 Å². The lowest BCUT2D eigenvalue weighted by molar-refractivity contribution is -0.121. The minimum absolute atomic E-state index is 0.00442. The van der Waals surface area contributed by atoms with Gasteiger partial charge in [0, 0.05) is 72.3 Å². The average molecular weight is 905 g/mol. The Morgan fingerprint density at radius 2 is 0.914 bits per heavy atom. The molecule has 0 spiro atoms. The smallest absolute Gasteiger partial charge is 0.267 e. The Hall–Kier alpha value is -3.72. The van der Waals surface area contributed by atoms with Crippen LogP contribution in [-0.4, -0.2) is 43.3 Å². The van der Waals surface area contributed by atoms with Crippen LogP contribution in [0.25, 0.3) is 64.4 Å². The van der Waals surface area contributed by atoms with Gasteiger partial charge in [0.25, 0.3) is 11.8 Å².